The van der Waals surface area contributed by atoms with Gasteiger partial charge in [-0.2, -0.15) is 0 Å². The van der Waals surface area contributed by atoms with Gasteiger partial charge in [0.05, 0.1) is 19.3 Å². The first-order chi connectivity index (χ1) is 15.0. The van der Waals surface area contributed by atoms with Gasteiger partial charge in [0, 0.05) is 11.1 Å². The second kappa shape index (κ2) is 11.6. The molecule has 2 aromatic carbocycles. The lowest BCUT2D eigenvalue weighted by Gasteiger charge is -2.29. The predicted octanol–water partition coefficient (Wildman–Crippen LogP) is 8.00. The number of ether oxygens (including phenoxy) is 2. The standard InChI is InChI=1S/C26H33F3O2/c1-3-5-6-7-8-18-9-13-23(31-17-18)21-12-11-20(25(28)26(21)29)19-10-14-24(22(27)16-19)30-15-4-2/h10-12,14,16,18,23H,3-9,13,15,17H2,1-2H3. The van der Waals surface area contributed by atoms with Gasteiger partial charge in [-0.15, -0.1) is 0 Å². The van der Waals surface area contributed by atoms with E-state index in [1.807, 2.05) is 6.92 Å². The quantitative estimate of drug-likeness (QED) is 0.353. The fraction of sp³-hybridized carbons (Fsp3) is 0.538. The summed E-state index contributed by atoms with van der Waals surface area (Å²) < 4.78 is 55.2. The summed E-state index contributed by atoms with van der Waals surface area (Å²) in [4.78, 5) is 0. The van der Waals surface area contributed by atoms with Crippen LogP contribution in [0, 0.1) is 23.4 Å². The molecular formula is C26H33F3O2. The van der Waals surface area contributed by atoms with Crippen LogP contribution in [0.4, 0.5) is 13.2 Å². The minimum absolute atomic E-state index is 0.0341. The largest absolute Gasteiger partial charge is 0.491 e. The molecule has 1 aliphatic heterocycles. The zero-order chi connectivity index (χ0) is 22.2. The van der Waals surface area contributed by atoms with E-state index < -0.39 is 23.6 Å². The Morgan fingerprint density at radius 2 is 1.77 bits per heavy atom. The van der Waals surface area contributed by atoms with E-state index in [1.165, 1.54) is 43.9 Å². The molecule has 0 bridgehead atoms. The van der Waals surface area contributed by atoms with Crippen LogP contribution in [0.5, 0.6) is 5.75 Å². The molecule has 31 heavy (non-hydrogen) atoms. The molecule has 170 valence electrons. The van der Waals surface area contributed by atoms with Gasteiger partial charge in [0.1, 0.15) is 0 Å². The van der Waals surface area contributed by atoms with Crippen LogP contribution in [-0.2, 0) is 4.74 Å². The van der Waals surface area contributed by atoms with E-state index in [9.17, 15) is 13.2 Å². The maximum absolute atomic E-state index is 14.9. The number of unbranched alkanes of at least 4 members (excludes halogenated alkanes) is 3. The Labute approximate surface area is 183 Å². The minimum atomic E-state index is -0.968. The summed E-state index contributed by atoms with van der Waals surface area (Å²) in [5.41, 5.74) is 0.557. The number of rotatable bonds is 10. The maximum atomic E-state index is 14.9. The first-order valence-corrected chi connectivity index (χ1v) is 11.6. The fourth-order valence-corrected chi connectivity index (χ4v) is 4.17. The van der Waals surface area contributed by atoms with Gasteiger partial charge in [-0.3, -0.25) is 0 Å². The van der Waals surface area contributed by atoms with Gasteiger partial charge in [-0.25, -0.2) is 13.2 Å². The van der Waals surface area contributed by atoms with Gasteiger partial charge < -0.3 is 9.47 Å². The minimum Gasteiger partial charge on any atom is -0.491 e. The van der Waals surface area contributed by atoms with Gasteiger partial charge in [0.25, 0.3) is 0 Å². The van der Waals surface area contributed by atoms with Gasteiger partial charge in [-0.05, 0) is 49.3 Å². The van der Waals surface area contributed by atoms with Crippen LogP contribution in [0.15, 0.2) is 30.3 Å². The number of benzene rings is 2. The molecule has 1 saturated heterocycles. The Bertz CT molecular complexity index is 845. The fourth-order valence-electron chi connectivity index (χ4n) is 4.17. The second-order valence-electron chi connectivity index (χ2n) is 8.44. The van der Waals surface area contributed by atoms with Crippen molar-refractivity contribution in [2.75, 3.05) is 13.2 Å². The van der Waals surface area contributed by atoms with E-state index >= 15 is 0 Å². The van der Waals surface area contributed by atoms with E-state index in [0.717, 1.165) is 19.3 Å². The Morgan fingerprint density at radius 3 is 2.45 bits per heavy atom. The van der Waals surface area contributed by atoms with Gasteiger partial charge >= 0.3 is 0 Å². The van der Waals surface area contributed by atoms with Gasteiger partial charge in [0.15, 0.2) is 23.2 Å². The molecule has 1 fully saturated rings. The summed E-state index contributed by atoms with van der Waals surface area (Å²) in [5.74, 6) is -1.85. The van der Waals surface area contributed by atoms with Crippen molar-refractivity contribution in [3.05, 3.63) is 53.3 Å². The van der Waals surface area contributed by atoms with Crippen molar-refractivity contribution < 1.29 is 22.6 Å². The van der Waals surface area contributed by atoms with Crippen molar-refractivity contribution in [1.82, 2.24) is 0 Å². The third kappa shape index (κ3) is 6.03. The topological polar surface area (TPSA) is 18.5 Å². The second-order valence-corrected chi connectivity index (χ2v) is 8.44. The highest BCUT2D eigenvalue weighted by atomic mass is 19.2. The molecule has 0 radical (unpaired) electrons. The van der Waals surface area contributed by atoms with Crippen LogP contribution < -0.4 is 4.74 Å². The number of hydrogen-bond donors (Lipinski definition) is 0. The summed E-state index contributed by atoms with van der Waals surface area (Å²) in [6.07, 6.45) is 8.01. The number of hydrogen-bond acceptors (Lipinski definition) is 2. The zero-order valence-electron chi connectivity index (χ0n) is 18.6. The Morgan fingerprint density at radius 1 is 0.935 bits per heavy atom. The van der Waals surface area contributed by atoms with E-state index in [-0.39, 0.29) is 22.4 Å². The summed E-state index contributed by atoms with van der Waals surface area (Å²) in [6.45, 7) is 5.11. The van der Waals surface area contributed by atoms with Crippen molar-refractivity contribution in [3.8, 4) is 16.9 Å². The van der Waals surface area contributed by atoms with Crippen LogP contribution in [0.25, 0.3) is 11.1 Å². The van der Waals surface area contributed by atoms with Gasteiger partial charge in [0.2, 0.25) is 0 Å². The van der Waals surface area contributed by atoms with Crippen molar-refractivity contribution >= 4 is 0 Å². The SMILES string of the molecule is CCCCCCC1CCC(c2ccc(-c3ccc(OCCC)c(F)c3)c(F)c2F)OC1. The summed E-state index contributed by atoms with van der Waals surface area (Å²) >= 11 is 0. The third-order valence-corrected chi connectivity index (χ3v) is 6.00. The highest BCUT2D eigenvalue weighted by Gasteiger charge is 2.27. The first-order valence-electron chi connectivity index (χ1n) is 11.6. The molecule has 0 saturated carbocycles. The van der Waals surface area contributed by atoms with E-state index in [1.54, 1.807) is 12.1 Å². The Kier molecular flexibility index (Phi) is 8.82. The molecule has 1 aliphatic rings. The third-order valence-electron chi connectivity index (χ3n) is 6.00. The van der Waals surface area contributed by atoms with Crippen molar-refractivity contribution in [2.45, 2.75) is 71.3 Å². The Balaban J connectivity index is 1.67. The van der Waals surface area contributed by atoms with Crippen LogP contribution in [0.1, 0.15) is 76.9 Å². The molecule has 2 aromatic rings. The van der Waals surface area contributed by atoms with E-state index in [2.05, 4.69) is 6.92 Å². The summed E-state index contributed by atoms with van der Waals surface area (Å²) in [5, 5.41) is 0. The monoisotopic (exact) mass is 434 g/mol. The van der Waals surface area contributed by atoms with E-state index in [0.29, 0.717) is 25.6 Å². The highest BCUT2D eigenvalue weighted by Crippen LogP contribution is 2.37. The molecule has 0 aromatic heterocycles. The summed E-state index contributed by atoms with van der Waals surface area (Å²) in [6, 6.07) is 7.26. The van der Waals surface area contributed by atoms with Crippen molar-refractivity contribution in [2.24, 2.45) is 5.92 Å². The molecule has 3 rings (SSSR count). The van der Waals surface area contributed by atoms with E-state index in [4.69, 9.17) is 9.47 Å². The molecule has 0 N–H and O–H groups in total. The Hall–Kier alpha value is -2.01. The lowest BCUT2D eigenvalue weighted by atomic mass is 9.90. The molecule has 2 atom stereocenters. The van der Waals surface area contributed by atoms with Crippen LogP contribution >= 0.6 is 0 Å². The number of halogens is 3. The molecular weight excluding hydrogens is 401 g/mol. The molecule has 0 aliphatic carbocycles. The van der Waals surface area contributed by atoms with Gasteiger partial charge in [-0.1, -0.05) is 57.7 Å². The molecule has 0 spiro atoms. The first kappa shape index (κ1) is 23.6. The molecule has 2 nitrogen and oxygen atoms in total. The molecule has 5 heteroatoms. The zero-order valence-corrected chi connectivity index (χ0v) is 18.6. The average molecular weight is 435 g/mol. The average Bonchev–Trinajstić information content (AvgIpc) is 2.78. The lowest BCUT2D eigenvalue weighted by Crippen LogP contribution is -2.21. The van der Waals surface area contributed by atoms with Crippen molar-refractivity contribution in [3.63, 3.8) is 0 Å². The predicted molar refractivity (Wildman–Crippen MR) is 118 cm³/mol. The summed E-state index contributed by atoms with van der Waals surface area (Å²) in [7, 11) is 0. The molecule has 1 heterocycles. The molecule has 2 unspecified atom stereocenters. The lowest BCUT2D eigenvalue weighted by molar-refractivity contribution is -0.0218. The van der Waals surface area contributed by atoms with Crippen LogP contribution in [0.2, 0.25) is 0 Å². The van der Waals surface area contributed by atoms with Crippen LogP contribution in [0.3, 0.4) is 0 Å². The smallest absolute Gasteiger partial charge is 0.167 e. The van der Waals surface area contributed by atoms with Crippen LogP contribution in [-0.4, -0.2) is 13.2 Å². The normalized spacial score (nSPS) is 18.9. The maximum Gasteiger partial charge on any atom is 0.167 e. The molecule has 0 amide bonds. The van der Waals surface area contributed by atoms with Crippen molar-refractivity contribution in [1.29, 1.82) is 0 Å². The highest BCUT2D eigenvalue weighted by molar-refractivity contribution is 5.66.